The van der Waals surface area contributed by atoms with Gasteiger partial charge in [-0.25, -0.2) is 0 Å². The molecule has 2 aliphatic rings. The monoisotopic (exact) mass is 215 g/mol. The van der Waals surface area contributed by atoms with Gasteiger partial charge in [-0.2, -0.15) is 0 Å². The molecule has 0 saturated heterocycles. The van der Waals surface area contributed by atoms with Crippen LogP contribution in [0.2, 0.25) is 0 Å². The van der Waals surface area contributed by atoms with Crippen molar-refractivity contribution in [1.29, 1.82) is 0 Å². The standard InChI is InChI=1S/C15H21N/c1-14(2)9-15(14,10-16)13-8-7-11-5-3-4-6-12(11)13/h3-6,13H,7-10,16H2,1-2H3. The molecule has 1 saturated carbocycles. The number of hydrogen-bond acceptors (Lipinski definition) is 1. The van der Waals surface area contributed by atoms with Crippen molar-refractivity contribution < 1.29 is 0 Å². The zero-order valence-electron chi connectivity index (χ0n) is 10.3. The smallest absolute Gasteiger partial charge is 0.000932 e. The summed E-state index contributed by atoms with van der Waals surface area (Å²) in [7, 11) is 0. The molecule has 0 spiro atoms. The lowest BCUT2D eigenvalue weighted by Crippen LogP contribution is -2.27. The lowest BCUT2D eigenvalue weighted by atomic mass is 9.79. The van der Waals surface area contributed by atoms with E-state index >= 15 is 0 Å². The van der Waals surface area contributed by atoms with Crippen LogP contribution in [0, 0.1) is 10.8 Å². The van der Waals surface area contributed by atoms with Gasteiger partial charge < -0.3 is 5.73 Å². The second-order valence-corrected chi connectivity index (χ2v) is 6.21. The molecule has 2 aliphatic carbocycles. The van der Waals surface area contributed by atoms with E-state index in [-0.39, 0.29) is 0 Å². The summed E-state index contributed by atoms with van der Waals surface area (Å²) in [5.41, 5.74) is 10.1. The Labute approximate surface area is 98.0 Å². The van der Waals surface area contributed by atoms with Crippen LogP contribution in [0.5, 0.6) is 0 Å². The summed E-state index contributed by atoms with van der Waals surface area (Å²) in [6, 6.07) is 8.94. The maximum atomic E-state index is 6.08. The van der Waals surface area contributed by atoms with Gasteiger partial charge in [0.25, 0.3) is 0 Å². The van der Waals surface area contributed by atoms with Crippen molar-refractivity contribution >= 4 is 0 Å². The van der Waals surface area contributed by atoms with Crippen LogP contribution in [0.1, 0.15) is 43.7 Å². The number of rotatable bonds is 2. The number of nitrogens with two attached hydrogens (primary N) is 1. The maximum Gasteiger partial charge on any atom is -0.000932 e. The Hall–Kier alpha value is -0.820. The molecule has 0 heterocycles. The van der Waals surface area contributed by atoms with Crippen LogP contribution in [0.15, 0.2) is 24.3 Å². The second-order valence-electron chi connectivity index (χ2n) is 6.21. The van der Waals surface area contributed by atoms with Crippen molar-refractivity contribution in [2.75, 3.05) is 6.54 Å². The summed E-state index contributed by atoms with van der Waals surface area (Å²) in [5, 5.41) is 0. The minimum Gasteiger partial charge on any atom is -0.330 e. The van der Waals surface area contributed by atoms with Gasteiger partial charge in [-0.3, -0.25) is 0 Å². The molecule has 0 amide bonds. The fourth-order valence-electron chi connectivity index (χ4n) is 3.96. The Morgan fingerprint density at radius 1 is 1.31 bits per heavy atom. The zero-order chi connectivity index (χ0) is 11.4. The Morgan fingerprint density at radius 3 is 2.62 bits per heavy atom. The molecule has 2 atom stereocenters. The summed E-state index contributed by atoms with van der Waals surface area (Å²) in [6.07, 6.45) is 3.86. The van der Waals surface area contributed by atoms with Crippen molar-refractivity contribution in [2.24, 2.45) is 16.6 Å². The summed E-state index contributed by atoms with van der Waals surface area (Å²) < 4.78 is 0. The Morgan fingerprint density at radius 2 is 2.00 bits per heavy atom. The van der Waals surface area contributed by atoms with Gasteiger partial charge in [0.15, 0.2) is 0 Å². The van der Waals surface area contributed by atoms with E-state index in [0.717, 1.165) is 6.54 Å². The lowest BCUT2D eigenvalue weighted by molar-refractivity contribution is 0.318. The first-order valence-electron chi connectivity index (χ1n) is 6.39. The summed E-state index contributed by atoms with van der Waals surface area (Å²) >= 11 is 0. The van der Waals surface area contributed by atoms with E-state index in [1.807, 2.05) is 0 Å². The molecule has 2 N–H and O–H groups in total. The van der Waals surface area contributed by atoms with E-state index in [1.165, 1.54) is 19.3 Å². The average molecular weight is 215 g/mol. The van der Waals surface area contributed by atoms with E-state index in [4.69, 9.17) is 5.73 Å². The molecule has 3 rings (SSSR count). The molecule has 16 heavy (non-hydrogen) atoms. The molecule has 1 aromatic carbocycles. The maximum absolute atomic E-state index is 6.08. The van der Waals surface area contributed by atoms with Gasteiger partial charge in [-0.1, -0.05) is 38.1 Å². The average Bonchev–Trinajstić information content (AvgIpc) is 2.67. The van der Waals surface area contributed by atoms with E-state index in [0.29, 0.717) is 16.7 Å². The van der Waals surface area contributed by atoms with Crippen LogP contribution >= 0.6 is 0 Å². The van der Waals surface area contributed by atoms with E-state index in [2.05, 4.69) is 38.1 Å². The highest BCUT2D eigenvalue weighted by Crippen LogP contribution is 2.71. The molecule has 0 bridgehead atoms. The molecule has 1 heteroatoms. The normalized spacial score (nSPS) is 34.8. The summed E-state index contributed by atoms with van der Waals surface area (Å²) in [5.74, 6) is 0.712. The quantitative estimate of drug-likeness (QED) is 0.806. The Kier molecular flexibility index (Phi) is 2.00. The Bertz CT molecular complexity index is 421. The van der Waals surface area contributed by atoms with Gasteiger partial charge in [0, 0.05) is 0 Å². The molecular weight excluding hydrogens is 194 g/mol. The third-order valence-corrected chi connectivity index (χ3v) is 5.14. The molecule has 86 valence electrons. The Balaban J connectivity index is 2.00. The van der Waals surface area contributed by atoms with Crippen LogP contribution < -0.4 is 5.73 Å². The second kappa shape index (κ2) is 3.10. The van der Waals surface area contributed by atoms with E-state index < -0.39 is 0 Å². The molecule has 0 radical (unpaired) electrons. The van der Waals surface area contributed by atoms with Crippen molar-refractivity contribution in [2.45, 2.75) is 39.0 Å². The van der Waals surface area contributed by atoms with Crippen LogP contribution in [0.25, 0.3) is 0 Å². The van der Waals surface area contributed by atoms with Crippen molar-refractivity contribution in [3.05, 3.63) is 35.4 Å². The van der Waals surface area contributed by atoms with Crippen molar-refractivity contribution in [1.82, 2.24) is 0 Å². The van der Waals surface area contributed by atoms with Gasteiger partial charge >= 0.3 is 0 Å². The predicted molar refractivity (Wildman–Crippen MR) is 67.4 cm³/mol. The first kappa shape index (κ1) is 10.3. The number of fused-ring (bicyclic) bond motifs is 1. The molecule has 1 aromatic rings. The summed E-state index contributed by atoms with van der Waals surface area (Å²) in [6.45, 7) is 5.60. The lowest BCUT2D eigenvalue weighted by Gasteiger charge is -2.26. The highest BCUT2D eigenvalue weighted by molar-refractivity contribution is 5.39. The molecule has 1 nitrogen and oxygen atoms in total. The van der Waals surface area contributed by atoms with Gasteiger partial charge in [0.05, 0.1) is 0 Å². The number of benzene rings is 1. The highest BCUT2D eigenvalue weighted by Gasteiger charge is 2.64. The van der Waals surface area contributed by atoms with Crippen LogP contribution in [-0.2, 0) is 6.42 Å². The summed E-state index contributed by atoms with van der Waals surface area (Å²) in [4.78, 5) is 0. The predicted octanol–water partition coefficient (Wildman–Crippen LogP) is 3.09. The minimum absolute atomic E-state index is 0.388. The van der Waals surface area contributed by atoms with Gasteiger partial charge in [-0.05, 0) is 53.7 Å². The first-order chi connectivity index (χ1) is 7.61. The zero-order valence-corrected chi connectivity index (χ0v) is 10.3. The first-order valence-corrected chi connectivity index (χ1v) is 6.39. The van der Waals surface area contributed by atoms with Gasteiger partial charge in [-0.15, -0.1) is 0 Å². The fraction of sp³-hybridized carbons (Fsp3) is 0.600. The van der Waals surface area contributed by atoms with Crippen LogP contribution in [0.3, 0.4) is 0 Å². The molecule has 0 aromatic heterocycles. The fourth-order valence-corrected chi connectivity index (χ4v) is 3.96. The largest absolute Gasteiger partial charge is 0.330 e. The van der Waals surface area contributed by atoms with Crippen molar-refractivity contribution in [3.8, 4) is 0 Å². The molecule has 0 aliphatic heterocycles. The third-order valence-electron chi connectivity index (χ3n) is 5.14. The van der Waals surface area contributed by atoms with Crippen LogP contribution in [0.4, 0.5) is 0 Å². The number of aryl methyl sites for hydroxylation is 1. The molecular formula is C15H21N. The van der Waals surface area contributed by atoms with Gasteiger partial charge in [0.2, 0.25) is 0 Å². The van der Waals surface area contributed by atoms with Gasteiger partial charge in [0.1, 0.15) is 0 Å². The minimum atomic E-state index is 0.388. The third kappa shape index (κ3) is 1.15. The van der Waals surface area contributed by atoms with Crippen molar-refractivity contribution in [3.63, 3.8) is 0 Å². The topological polar surface area (TPSA) is 26.0 Å². The molecule has 2 unspecified atom stereocenters. The number of hydrogen-bond donors (Lipinski definition) is 1. The molecule has 1 fully saturated rings. The van der Waals surface area contributed by atoms with E-state index in [9.17, 15) is 0 Å². The van der Waals surface area contributed by atoms with E-state index in [1.54, 1.807) is 11.1 Å². The SMILES string of the molecule is CC1(C)CC1(CN)C1CCc2ccccc21. The van der Waals surface area contributed by atoms with Crippen LogP contribution in [-0.4, -0.2) is 6.54 Å². The highest BCUT2D eigenvalue weighted by atomic mass is 14.8.